The van der Waals surface area contributed by atoms with Crippen LogP contribution in [0.4, 0.5) is 0 Å². The van der Waals surface area contributed by atoms with Crippen LogP contribution in [0, 0.1) is 0 Å². The standard InChI is InChI=1S/C25H38N2O2/c1-28-24-19-20-7-5-6-10-23(20)25(29-24)13-11-22(12-14-25)27-17-15-26(16-18-27)21-8-3-2-4-9-21/h5-7,10,21-22,24H,2-4,8-9,11-19H2,1H3/t22?,24-,25?/m1/s1. The van der Waals surface area contributed by atoms with Crippen LogP contribution < -0.4 is 0 Å². The van der Waals surface area contributed by atoms with E-state index >= 15 is 0 Å². The zero-order chi connectivity index (χ0) is 19.7. The first-order valence-electron chi connectivity index (χ1n) is 12.0. The van der Waals surface area contributed by atoms with Crippen molar-refractivity contribution < 1.29 is 9.47 Å². The predicted octanol–water partition coefficient (Wildman–Crippen LogP) is 4.32. The molecular formula is C25H38N2O2. The van der Waals surface area contributed by atoms with Crippen molar-refractivity contribution >= 4 is 0 Å². The van der Waals surface area contributed by atoms with Gasteiger partial charge >= 0.3 is 0 Å². The van der Waals surface area contributed by atoms with Gasteiger partial charge in [-0.15, -0.1) is 0 Å². The van der Waals surface area contributed by atoms with Gasteiger partial charge in [-0.05, 0) is 49.7 Å². The molecule has 2 aliphatic heterocycles. The molecule has 160 valence electrons. The van der Waals surface area contributed by atoms with E-state index in [-0.39, 0.29) is 11.9 Å². The number of nitrogens with zero attached hydrogens (tertiary/aromatic N) is 2. The molecule has 0 amide bonds. The molecule has 0 aromatic heterocycles. The smallest absolute Gasteiger partial charge is 0.162 e. The van der Waals surface area contributed by atoms with Crippen LogP contribution in [0.25, 0.3) is 0 Å². The number of rotatable bonds is 3. The monoisotopic (exact) mass is 398 g/mol. The minimum absolute atomic E-state index is 0.0968. The van der Waals surface area contributed by atoms with Gasteiger partial charge in [-0.3, -0.25) is 9.80 Å². The fourth-order valence-corrected chi connectivity index (χ4v) is 6.55. The average Bonchev–Trinajstić information content (AvgIpc) is 2.80. The van der Waals surface area contributed by atoms with Gasteiger partial charge in [-0.2, -0.15) is 0 Å². The summed E-state index contributed by atoms with van der Waals surface area (Å²) in [5, 5.41) is 0. The summed E-state index contributed by atoms with van der Waals surface area (Å²) in [7, 11) is 1.78. The summed E-state index contributed by atoms with van der Waals surface area (Å²) in [5.74, 6) is 0. The van der Waals surface area contributed by atoms with Crippen LogP contribution in [0.15, 0.2) is 24.3 Å². The van der Waals surface area contributed by atoms with Crippen LogP contribution in [0.3, 0.4) is 0 Å². The highest BCUT2D eigenvalue weighted by atomic mass is 16.7. The SMILES string of the molecule is CO[C@H]1Cc2ccccc2C2(CCC(N3CCN(C4CCCCC4)CC3)CC2)O1. The Kier molecular flexibility index (Phi) is 5.97. The van der Waals surface area contributed by atoms with Gasteiger partial charge in [0, 0.05) is 51.8 Å². The summed E-state index contributed by atoms with van der Waals surface area (Å²) in [6.45, 7) is 5.06. The summed E-state index contributed by atoms with van der Waals surface area (Å²) in [6.07, 6.45) is 12.7. The molecule has 0 N–H and O–H groups in total. The Morgan fingerprint density at radius 1 is 0.862 bits per heavy atom. The maximum atomic E-state index is 6.57. The number of fused-ring (bicyclic) bond motifs is 2. The van der Waals surface area contributed by atoms with Crippen LogP contribution in [0.1, 0.15) is 68.9 Å². The topological polar surface area (TPSA) is 24.9 Å². The van der Waals surface area contributed by atoms with Crippen molar-refractivity contribution in [3.8, 4) is 0 Å². The molecule has 4 heteroatoms. The fourth-order valence-electron chi connectivity index (χ4n) is 6.55. The molecule has 0 bridgehead atoms. The van der Waals surface area contributed by atoms with Crippen molar-refractivity contribution in [2.75, 3.05) is 33.3 Å². The Morgan fingerprint density at radius 2 is 1.48 bits per heavy atom. The third kappa shape index (κ3) is 4.01. The predicted molar refractivity (Wildman–Crippen MR) is 116 cm³/mol. The molecule has 1 atom stereocenters. The summed E-state index contributed by atoms with van der Waals surface area (Å²) < 4.78 is 12.2. The Bertz CT molecular complexity index is 671. The first-order valence-corrected chi connectivity index (χ1v) is 12.0. The molecule has 4 nitrogen and oxygen atoms in total. The maximum absolute atomic E-state index is 6.57. The van der Waals surface area contributed by atoms with E-state index in [9.17, 15) is 0 Å². The molecular weight excluding hydrogens is 360 g/mol. The number of methoxy groups -OCH3 is 1. The zero-order valence-electron chi connectivity index (χ0n) is 18.2. The van der Waals surface area contributed by atoms with E-state index in [1.807, 2.05) is 0 Å². The minimum Gasteiger partial charge on any atom is -0.356 e. The van der Waals surface area contributed by atoms with Gasteiger partial charge < -0.3 is 9.47 Å². The van der Waals surface area contributed by atoms with Crippen LogP contribution in [0.2, 0.25) is 0 Å². The van der Waals surface area contributed by atoms with Gasteiger partial charge in [0.25, 0.3) is 0 Å². The largest absolute Gasteiger partial charge is 0.356 e. The molecule has 0 radical (unpaired) electrons. The molecule has 0 unspecified atom stereocenters. The Balaban J connectivity index is 1.20. The van der Waals surface area contributed by atoms with Gasteiger partial charge in [0.2, 0.25) is 0 Å². The molecule has 1 aromatic rings. The highest BCUT2D eigenvalue weighted by Gasteiger charge is 2.45. The normalized spacial score (nSPS) is 34.9. The molecule has 1 saturated heterocycles. The summed E-state index contributed by atoms with van der Waals surface area (Å²) in [5.41, 5.74) is 2.72. The van der Waals surface area contributed by atoms with Crippen LogP contribution in [-0.2, 0) is 21.5 Å². The van der Waals surface area contributed by atoms with E-state index in [0.717, 1.165) is 31.3 Å². The third-order valence-corrected chi connectivity index (χ3v) is 8.23. The van der Waals surface area contributed by atoms with Crippen LogP contribution >= 0.6 is 0 Å². The number of benzene rings is 1. The van der Waals surface area contributed by atoms with E-state index in [4.69, 9.17) is 9.47 Å². The average molecular weight is 399 g/mol. The maximum Gasteiger partial charge on any atom is 0.162 e. The van der Waals surface area contributed by atoms with Gasteiger partial charge in [-0.1, -0.05) is 43.5 Å². The molecule has 4 aliphatic rings. The highest BCUT2D eigenvalue weighted by molar-refractivity contribution is 5.35. The van der Waals surface area contributed by atoms with Crippen molar-refractivity contribution in [1.82, 2.24) is 9.80 Å². The Hall–Kier alpha value is -0.940. The lowest BCUT2D eigenvalue weighted by atomic mass is 9.74. The molecule has 5 rings (SSSR count). The van der Waals surface area contributed by atoms with Gasteiger partial charge in [0.15, 0.2) is 6.29 Å². The second-order valence-corrected chi connectivity index (χ2v) is 9.73. The van der Waals surface area contributed by atoms with E-state index in [0.29, 0.717) is 0 Å². The first-order chi connectivity index (χ1) is 14.3. The Morgan fingerprint density at radius 3 is 2.14 bits per heavy atom. The summed E-state index contributed by atoms with van der Waals surface area (Å²) >= 11 is 0. The number of hydrogen-bond acceptors (Lipinski definition) is 4. The summed E-state index contributed by atoms with van der Waals surface area (Å²) in [4.78, 5) is 5.58. The molecule has 1 spiro atoms. The van der Waals surface area contributed by atoms with Crippen LogP contribution in [0.5, 0.6) is 0 Å². The van der Waals surface area contributed by atoms with Crippen molar-refractivity contribution in [3.63, 3.8) is 0 Å². The van der Waals surface area contributed by atoms with Gasteiger partial charge in [-0.25, -0.2) is 0 Å². The van der Waals surface area contributed by atoms with E-state index < -0.39 is 0 Å². The number of piperazine rings is 1. The molecule has 2 aliphatic carbocycles. The lowest BCUT2D eigenvalue weighted by molar-refractivity contribution is -0.226. The van der Waals surface area contributed by atoms with Crippen LogP contribution in [-0.4, -0.2) is 61.5 Å². The van der Waals surface area contributed by atoms with E-state index in [2.05, 4.69) is 34.1 Å². The number of hydrogen-bond donors (Lipinski definition) is 0. The zero-order valence-corrected chi connectivity index (χ0v) is 18.2. The number of ether oxygens (including phenoxy) is 2. The quantitative estimate of drug-likeness (QED) is 0.757. The fraction of sp³-hybridized carbons (Fsp3) is 0.760. The summed E-state index contributed by atoms with van der Waals surface area (Å²) in [6, 6.07) is 10.5. The molecule has 3 fully saturated rings. The molecule has 2 saturated carbocycles. The second kappa shape index (κ2) is 8.66. The second-order valence-electron chi connectivity index (χ2n) is 9.73. The highest BCUT2D eigenvalue weighted by Crippen LogP contribution is 2.47. The molecule has 2 heterocycles. The van der Waals surface area contributed by atoms with E-state index in [1.165, 1.54) is 82.3 Å². The van der Waals surface area contributed by atoms with Gasteiger partial charge in [0.05, 0.1) is 5.60 Å². The van der Waals surface area contributed by atoms with Crippen molar-refractivity contribution in [3.05, 3.63) is 35.4 Å². The van der Waals surface area contributed by atoms with E-state index in [1.54, 1.807) is 7.11 Å². The van der Waals surface area contributed by atoms with Gasteiger partial charge in [0.1, 0.15) is 0 Å². The van der Waals surface area contributed by atoms with Crippen molar-refractivity contribution in [2.24, 2.45) is 0 Å². The third-order valence-electron chi connectivity index (χ3n) is 8.23. The lowest BCUT2D eigenvalue weighted by Gasteiger charge is -2.49. The molecule has 29 heavy (non-hydrogen) atoms. The van der Waals surface area contributed by atoms with Crippen molar-refractivity contribution in [1.29, 1.82) is 0 Å². The lowest BCUT2D eigenvalue weighted by Crippen LogP contribution is -2.55. The minimum atomic E-state index is -0.129. The molecule has 1 aromatic carbocycles. The first kappa shape index (κ1) is 20.0. The van der Waals surface area contributed by atoms with Crippen molar-refractivity contribution in [2.45, 2.75) is 88.2 Å². The Labute approximate surface area is 176 Å².